The van der Waals surface area contributed by atoms with E-state index in [0.29, 0.717) is 16.3 Å². The van der Waals surface area contributed by atoms with Crippen LogP contribution in [0.3, 0.4) is 0 Å². The molecule has 0 unspecified atom stereocenters. The van der Waals surface area contributed by atoms with E-state index < -0.39 is 5.97 Å². The predicted molar refractivity (Wildman–Crippen MR) is 91.7 cm³/mol. The molecule has 1 heterocycles. The molecule has 6 nitrogen and oxygen atoms in total. The molecule has 1 aromatic carbocycles. The maximum Gasteiger partial charge on any atom is 0.305 e. The summed E-state index contributed by atoms with van der Waals surface area (Å²) in [6.45, 7) is 5.64. The number of carbonyl (C=O) groups is 2. The SMILES string of the molecule is Cc1nn(-c2ccc(Cl)cc2)cc1C(=O)N(CCC(=O)O)C(C)C. The molecule has 0 saturated heterocycles. The first-order chi connectivity index (χ1) is 11.3. The molecule has 24 heavy (non-hydrogen) atoms. The lowest BCUT2D eigenvalue weighted by atomic mass is 10.2. The highest BCUT2D eigenvalue weighted by Crippen LogP contribution is 2.17. The van der Waals surface area contributed by atoms with E-state index in [-0.39, 0.29) is 24.9 Å². The smallest absolute Gasteiger partial charge is 0.305 e. The molecule has 0 aliphatic heterocycles. The fourth-order valence-corrected chi connectivity index (χ4v) is 2.49. The van der Waals surface area contributed by atoms with Crippen molar-refractivity contribution in [3.05, 3.63) is 46.7 Å². The number of nitrogens with zero attached hydrogens (tertiary/aromatic N) is 3. The molecule has 0 aliphatic rings. The largest absolute Gasteiger partial charge is 0.481 e. The van der Waals surface area contributed by atoms with Crippen LogP contribution in [0.25, 0.3) is 5.69 Å². The van der Waals surface area contributed by atoms with Crippen molar-refractivity contribution in [2.45, 2.75) is 33.2 Å². The third kappa shape index (κ3) is 4.14. The monoisotopic (exact) mass is 349 g/mol. The van der Waals surface area contributed by atoms with Crippen molar-refractivity contribution in [2.75, 3.05) is 6.54 Å². The minimum atomic E-state index is -0.929. The Morgan fingerprint density at radius 1 is 1.29 bits per heavy atom. The molecule has 0 radical (unpaired) electrons. The highest BCUT2D eigenvalue weighted by atomic mass is 35.5. The number of aliphatic carboxylic acids is 1. The van der Waals surface area contributed by atoms with Gasteiger partial charge in [-0.3, -0.25) is 9.59 Å². The summed E-state index contributed by atoms with van der Waals surface area (Å²) in [5.41, 5.74) is 1.85. The van der Waals surface area contributed by atoms with Crippen molar-refractivity contribution in [1.29, 1.82) is 0 Å². The Morgan fingerprint density at radius 2 is 1.92 bits per heavy atom. The van der Waals surface area contributed by atoms with Crippen molar-refractivity contribution < 1.29 is 14.7 Å². The predicted octanol–water partition coefficient (Wildman–Crippen LogP) is 3.16. The zero-order valence-corrected chi connectivity index (χ0v) is 14.6. The van der Waals surface area contributed by atoms with Crippen LogP contribution in [0, 0.1) is 6.92 Å². The average molecular weight is 350 g/mol. The van der Waals surface area contributed by atoms with E-state index in [4.69, 9.17) is 16.7 Å². The van der Waals surface area contributed by atoms with Crippen LogP contribution >= 0.6 is 11.6 Å². The molecule has 0 fully saturated rings. The number of amides is 1. The fraction of sp³-hybridized carbons (Fsp3) is 0.353. The maximum absolute atomic E-state index is 12.8. The van der Waals surface area contributed by atoms with Gasteiger partial charge >= 0.3 is 5.97 Å². The van der Waals surface area contributed by atoms with Crippen LogP contribution in [0.5, 0.6) is 0 Å². The second kappa shape index (κ2) is 7.49. The van der Waals surface area contributed by atoms with Gasteiger partial charge in [0.15, 0.2) is 0 Å². The van der Waals surface area contributed by atoms with Gasteiger partial charge in [0.05, 0.1) is 23.4 Å². The molecule has 0 aliphatic carbocycles. The zero-order valence-electron chi connectivity index (χ0n) is 13.9. The molecular weight excluding hydrogens is 330 g/mol. The van der Waals surface area contributed by atoms with Crippen LogP contribution in [0.2, 0.25) is 5.02 Å². The van der Waals surface area contributed by atoms with Gasteiger partial charge in [0.25, 0.3) is 5.91 Å². The number of carbonyl (C=O) groups excluding carboxylic acids is 1. The van der Waals surface area contributed by atoms with Crippen LogP contribution in [-0.4, -0.2) is 44.3 Å². The first-order valence-electron chi connectivity index (χ1n) is 7.64. The zero-order chi connectivity index (χ0) is 17.9. The van der Waals surface area contributed by atoms with Crippen molar-refractivity contribution in [3.8, 4) is 5.69 Å². The molecule has 0 bridgehead atoms. The molecule has 7 heteroatoms. The van der Waals surface area contributed by atoms with E-state index >= 15 is 0 Å². The number of aryl methyl sites for hydroxylation is 1. The number of benzene rings is 1. The molecule has 1 N–H and O–H groups in total. The highest BCUT2D eigenvalue weighted by molar-refractivity contribution is 6.30. The Hall–Kier alpha value is -2.34. The Balaban J connectivity index is 2.28. The summed E-state index contributed by atoms with van der Waals surface area (Å²) in [6, 6.07) is 7.03. The van der Waals surface area contributed by atoms with E-state index in [1.165, 1.54) is 0 Å². The first kappa shape index (κ1) is 18.0. The van der Waals surface area contributed by atoms with Gasteiger partial charge in [-0.25, -0.2) is 4.68 Å². The third-order valence-corrected chi connectivity index (χ3v) is 3.92. The molecular formula is C17H20ClN3O3. The van der Waals surface area contributed by atoms with Gasteiger partial charge in [-0.1, -0.05) is 11.6 Å². The lowest BCUT2D eigenvalue weighted by Gasteiger charge is -2.25. The standard InChI is InChI=1S/C17H20ClN3O3/c1-11(2)20(9-8-16(22)23)17(24)15-10-21(19-12(15)3)14-6-4-13(18)5-7-14/h4-7,10-11H,8-9H2,1-3H3,(H,22,23). The number of carboxylic acids is 1. The Labute approximate surface area is 145 Å². The summed E-state index contributed by atoms with van der Waals surface area (Å²) < 4.78 is 1.62. The minimum absolute atomic E-state index is 0.0890. The Bertz CT molecular complexity index is 738. The van der Waals surface area contributed by atoms with E-state index in [9.17, 15) is 9.59 Å². The van der Waals surface area contributed by atoms with Gasteiger partial charge in [0.2, 0.25) is 0 Å². The summed E-state index contributed by atoms with van der Waals surface area (Å²) in [5, 5.41) is 13.9. The third-order valence-electron chi connectivity index (χ3n) is 3.67. The number of halogens is 1. The number of hydrogen-bond donors (Lipinski definition) is 1. The number of carboxylic acid groups (broad SMARTS) is 1. The topological polar surface area (TPSA) is 75.4 Å². The van der Waals surface area contributed by atoms with Gasteiger partial charge in [-0.05, 0) is 45.0 Å². The minimum Gasteiger partial charge on any atom is -0.481 e. The second-order valence-electron chi connectivity index (χ2n) is 5.79. The van der Waals surface area contributed by atoms with Crippen molar-refractivity contribution in [2.24, 2.45) is 0 Å². The summed E-state index contributed by atoms with van der Waals surface area (Å²) in [4.78, 5) is 25.1. The maximum atomic E-state index is 12.8. The lowest BCUT2D eigenvalue weighted by Crippen LogP contribution is -2.38. The van der Waals surface area contributed by atoms with Gasteiger partial charge in [0, 0.05) is 23.8 Å². The van der Waals surface area contributed by atoms with E-state index in [0.717, 1.165) is 5.69 Å². The van der Waals surface area contributed by atoms with Crippen LogP contribution in [0.4, 0.5) is 0 Å². The normalized spacial score (nSPS) is 10.9. The molecule has 1 amide bonds. The van der Waals surface area contributed by atoms with Crippen LogP contribution in [-0.2, 0) is 4.79 Å². The van der Waals surface area contributed by atoms with Crippen LogP contribution < -0.4 is 0 Å². The average Bonchev–Trinajstić information content (AvgIpc) is 2.89. The summed E-state index contributed by atoms with van der Waals surface area (Å²) >= 11 is 5.88. The molecule has 0 saturated carbocycles. The van der Waals surface area contributed by atoms with Gasteiger partial charge in [-0.2, -0.15) is 5.10 Å². The van der Waals surface area contributed by atoms with E-state index in [1.807, 2.05) is 26.0 Å². The van der Waals surface area contributed by atoms with Crippen LogP contribution in [0.15, 0.2) is 30.5 Å². The van der Waals surface area contributed by atoms with E-state index in [2.05, 4.69) is 5.10 Å². The summed E-state index contributed by atoms with van der Waals surface area (Å²) in [6.07, 6.45) is 1.57. The number of hydrogen-bond acceptors (Lipinski definition) is 3. The summed E-state index contributed by atoms with van der Waals surface area (Å²) in [7, 11) is 0. The molecule has 2 rings (SSSR count). The first-order valence-corrected chi connectivity index (χ1v) is 8.02. The summed E-state index contributed by atoms with van der Waals surface area (Å²) in [5.74, 6) is -1.15. The Kier molecular flexibility index (Phi) is 5.62. The molecule has 1 aromatic heterocycles. The Morgan fingerprint density at radius 3 is 2.46 bits per heavy atom. The van der Waals surface area contributed by atoms with Crippen molar-refractivity contribution in [1.82, 2.24) is 14.7 Å². The van der Waals surface area contributed by atoms with Crippen molar-refractivity contribution >= 4 is 23.5 Å². The lowest BCUT2D eigenvalue weighted by molar-refractivity contribution is -0.137. The molecule has 2 aromatic rings. The van der Waals surface area contributed by atoms with Gasteiger partial charge in [-0.15, -0.1) is 0 Å². The second-order valence-corrected chi connectivity index (χ2v) is 6.22. The molecule has 0 spiro atoms. The quantitative estimate of drug-likeness (QED) is 0.869. The number of rotatable bonds is 6. The van der Waals surface area contributed by atoms with E-state index in [1.54, 1.807) is 34.8 Å². The van der Waals surface area contributed by atoms with Gasteiger partial charge in [0.1, 0.15) is 0 Å². The van der Waals surface area contributed by atoms with Crippen molar-refractivity contribution in [3.63, 3.8) is 0 Å². The molecule has 128 valence electrons. The highest BCUT2D eigenvalue weighted by Gasteiger charge is 2.23. The number of aromatic nitrogens is 2. The van der Waals surface area contributed by atoms with Crippen LogP contribution in [0.1, 0.15) is 36.3 Å². The molecule has 0 atom stereocenters. The van der Waals surface area contributed by atoms with Gasteiger partial charge < -0.3 is 10.0 Å². The fourth-order valence-electron chi connectivity index (χ4n) is 2.36.